The van der Waals surface area contributed by atoms with Gasteiger partial charge in [0.05, 0.1) is 16.6 Å². The highest BCUT2D eigenvalue weighted by molar-refractivity contribution is 6.18. The lowest BCUT2D eigenvalue weighted by molar-refractivity contribution is 0.423. The van der Waals surface area contributed by atoms with Gasteiger partial charge < -0.3 is 9.13 Å². The Balaban J connectivity index is 1.87. The zero-order chi connectivity index (χ0) is 20.5. The summed E-state index contributed by atoms with van der Waals surface area (Å²) >= 11 is 0. The van der Waals surface area contributed by atoms with Gasteiger partial charge in [0.15, 0.2) is 0 Å². The molecular weight excluding hydrogens is 366 g/mol. The number of benzene rings is 3. The Kier molecular flexibility index (Phi) is 3.43. The maximum Gasteiger partial charge on any atom is 0.0548 e. The summed E-state index contributed by atoms with van der Waals surface area (Å²) in [6, 6.07) is 26.3. The molecule has 6 rings (SSSR count). The number of para-hydroxylation sites is 2. The molecule has 30 heavy (non-hydrogen) atoms. The summed E-state index contributed by atoms with van der Waals surface area (Å²) < 4.78 is 4.84. The van der Waals surface area contributed by atoms with Crippen LogP contribution >= 0.6 is 0 Å². The van der Waals surface area contributed by atoms with Crippen LogP contribution < -0.4 is 0 Å². The standard InChI is InChI=1S/C27H23N3/c1-27(2,3)30-24-11-7-5-9-20(24)22-16-25-21(17-26(22)30)19-8-4-6-10-23(19)29(25)18-12-14-28-15-13-18/h4-17H,1-3H3. The molecule has 0 unspecified atom stereocenters. The van der Waals surface area contributed by atoms with Crippen molar-refractivity contribution < 1.29 is 0 Å². The molecule has 3 heterocycles. The van der Waals surface area contributed by atoms with E-state index < -0.39 is 0 Å². The molecular formula is C27H23N3. The lowest BCUT2D eigenvalue weighted by atomic mass is 10.1. The van der Waals surface area contributed by atoms with Crippen molar-refractivity contribution in [1.82, 2.24) is 14.1 Å². The minimum Gasteiger partial charge on any atom is -0.335 e. The topological polar surface area (TPSA) is 22.8 Å². The third-order valence-electron chi connectivity index (χ3n) is 6.06. The summed E-state index contributed by atoms with van der Waals surface area (Å²) in [5.74, 6) is 0. The van der Waals surface area contributed by atoms with Gasteiger partial charge >= 0.3 is 0 Å². The van der Waals surface area contributed by atoms with Crippen LogP contribution in [0.4, 0.5) is 0 Å². The van der Waals surface area contributed by atoms with Gasteiger partial charge in [-0.2, -0.15) is 0 Å². The third kappa shape index (κ3) is 2.29. The van der Waals surface area contributed by atoms with Crippen LogP contribution in [-0.4, -0.2) is 14.1 Å². The van der Waals surface area contributed by atoms with E-state index in [1.165, 1.54) is 43.6 Å². The van der Waals surface area contributed by atoms with Crippen LogP contribution in [0, 0.1) is 0 Å². The van der Waals surface area contributed by atoms with Gasteiger partial charge in [-0.25, -0.2) is 0 Å². The average molecular weight is 390 g/mol. The molecule has 0 amide bonds. The Morgan fingerprint density at radius 3 is 1.87 bits per heavy atom. The van der Waals surface area contributed by atoms with Crippen molar-refractivity contribution in [2.75, 3.05) is 0 Å². The summed E-state index contributed by atoms with van der Waals surface area (Å²) in [5, 5.41) is 5.15. The number of hydrogen-bond acceptors (Lipinski definition) is 1. The van der Waals surface area contributed by atoms with Crippen LogP contribution in [-0.2, 0) is 5.54 Å². The van der Waals surface area contributed by atoms with Crippen LogP contribution in [0.2, 0.25) is 0 Å². The number of aromatic nitrogens is 3. The zero-order valence-electron chi connectivity index (χ0n) is 17.4. The second-order valence-electron chi connectivity index (χ2n) is 8.97. The van der Waals surface area contributed by atoms with E-state index in [1.54, 1.807) is 0 Å². The highest BCUT2D eigenvalue weighted by Crippen LogP contribution is 2.40. The maximum atomic E-state index is 4.22. The van der Waals surface area contributed by atoms with Gasteiger partial charge in [0.25, 0.3) is 0 Å². The lowest BCUT2D eigenvalue weighted by Gasteiger charge is -2.24. The number of nitrogens with zero attached hydrogens (tertiary/aromatic N) is 3. The summed E-state index contributed by atoms with van der Waals surface area (Å²) in [4.78, 5) is 4.22. The fraction of sp³-hybridized carbons (Fsp3) is 0.148. The van der Waals surface area contributed by atoms with Crippen molar-refractivity contribution in [1.29, 1.82) is 0 Å². The smallest absolute Gasteiger partial charge is 0.0548 e. The first-order valence-electron chi connectivity index (χ1n) is 10.4. The molecule has 0 fully saturated rings. The van der Waals surface area contributed by atoms with Gasteiger partial charge in [0.1, 0.15) is 0 Å². The van der Waals surface area contributed by atoms with Crippen LogP contribution in [0.5, 0.6) is 0 Å². The highest BCUT2D eigenvalue weighted by atomic mass is 15.1. The van der Waals surface area contributed by atoms with Gasteiger partial charge in [-0.15, -0.1) is 0 Å². The summed E-state index contributed by atoms with van der Waals surface area (Å²) in [5.41, 5.74) is 6.14. The average Bonchev–Trinajstić information content (AvgIpc) is 3.25. The van der Waals surface area contributed by atoms with E-state index in [-0.39, 0.29) is 5.54 Å². The molecule has 3 aromatic heterocycles. The summed E-state index contributed by atoms with van der Waals surface area (Å²) in [7, 11) is 0. The van der Waals surface area contributed by atoms with Crippen molar-refractivity contribution >= 4 is 43.6 Å². The van der Waals surface area contributed by atoms with Gasteiger partial charge in [0.2, 0.25) is 0 Å². The van der Waals surface area contributed by atoms with Gasteiger partial charge in [-0.05, 0) is 57.2 Å². The first-order chi connectivity index (χ1) is 14.5. The minimum atomic E-state index is -0.0154. The van der Waals surface area contributed by atoms with Crippen LogP contribution in [0.25, 0.3) is 49.3 Å². The molecule has 0 saturated carbocycles. The number of hydrogen-bond donors (Lipinski definition) is 0. The molecule has 0 N–H and O–H groups in total. The molecule has 0 aliphatic heterocycles. The van der Waals surface area contributed by atoms with E-state index in [4.69, 9.17) is 0 Å². The predicted molar refractivity (Wildman–Crippen MR) is 127 cm³/mol. The van der Waals surface area contributed by atoms with E-state index in [1.807, 2.05) is 12.4 Å². The molecule has 3 aromatic carbocycles. The van der Waals surface area contributed by atoms with Crippen molar-refractivity contribution in [3.8, 4) is 5.69 Å². The molecule has 0 bridgehead atoms. The fourth-order valence-electron chi connectivity index (χ4n) is 4.92. The normalized spacial score (nSPS) is 12.5. The van der Waals surface area contributed by atoms with Crippen molar-refractivity contribution in [3.63, 3.8) is 0 Å². The molecule has 0 radical (unpaired) electrons. The lowest BCUT2D eigenvalue weighted by Crippen LogP contribution is -2.21. The van der Waals surface area contributed by atoms with Crippen LogP contribution in [0.15, 0.2) is 85.2 Å². The Hall–Kier alpha value is -3.59. The number of rotatable bonds is 1. The Bertz CT molecular complexity index is 1560. The van der Waals surface area contributed by atoms with E-state index in [0.29, 0.717) is 0 Å². The Morgan fingerprint density at radius 2 is 1.17 bits per heavy atom. The van der Waals surface area contributed by atoms with Gasteiger partial charge in [-0.3, -0.25) is 4.98 Å². The molecule has 0 saturated heterocycles. The summed E-state index contributed by atoms with van der Waals surface area (Å²) in [6.07, 6.45) is 3.72. The molecule has 0 aliphatic carbocycles. The quantitative estimate of drug-likeness (QED) is 0.296. The zero-order valence-corrected chi connectivity index (χ0v) is 17.4. The van der Waals surface area contributed by atoms with Gasteiger partial charge in [-0.1, -0.05) is 36.4 Å². The molecule has 0 aliphatic rings. The SMILES string of the molecule is CC(C)(C)n1c2ccccc2c2cc3c(cc21)c1ccccc1n3-c1ccncc1. The second-order valence-corrected chi connectivity index (χ2v) is 8.97. The van der Waals surface area contributed by atoms with Crippen LogP contribution in [0.1, 0.15) is 20.8 Å². The third-order valence-corrected chi connectivity index (χ3v) is 6.06. The fourth-order valence-corrected chi connectivity index (χ4v) is 4.92. The highest BCUT2D eigenvalue weighted by Gasteiger charge is 2.22. The minimum absolute atomic E-state index is 0.0154. The van der Waals surface area contributed by atoms with Crippen molar-refractivity contribution in [2.24, 2.45) is 0 Å². The molecule has 3 heteroatoms. The molecule has 3 nitrogen and oxygen atoms in total. The maximum absolute atomic E-state index is 4.22. The molecule has 0 atom stereocenters. The van der Waals surface area contributed by atoms with Crippen molar-refractivity contribution in [2.45, 2.75) is 26.3 Å². The van der Waals surface area contributed by atoms with E-state index in [9.17, 15) is 0 Å². The van der Waals surface area contributed by atoms with Gasteiger partial charge in [0, 0.05) is 50.7 Å². The van der Waals surface area contributed by atoms with Crippen LogP contribution in [0.3, 0.4) is 0 Å². The second kappa shape index (κ2) is 5.96. The number of pyridine rings is 1. The monoisotopic (exact) mass is 389 g/mol. The Morgan fingerprint density at radius 1 is 0.600 bits per heavy atom. The molecule has 6 aromatic rings. The number of fused-ring (bicyclic) bond motifs is 6. The first kappa shape index (κ1) is 17.3. The largest absolute Gasteiger partial charge is 0.335 e. The molecule has 146 valence electrons. The first-order valence-corrected chi connectivity index (χ1v) is 10.4. The Labute approximate surface area is 175 Å². The summed E-state index contributed by atoms with van der Waals surface area (Å²) in [6.45, 7) is 6.84. The predicted octanol–water partition coefficient (Wildman–Crippen LogP) is 7.04. The van der Waals surface area contributed by atoms with E-state index >= 15 is 0 Å². The van der Waals surface area contributed by atoms with E-state index in [2.05, 4.69) is 108 Å². The molecule has 0 spiro atoms. The van der Waals surface area contributed by atoms with Crippen molar-refractivity contribution in [3.05, 3.63) is 85.2 Å². The van der Waals surface area contributed by atoms with E-state index in [0.717, 1.165) is 5.69 Å².